The monoisotopic (exact) mass is 310 g/mol. The topological polar surface area (TPSA) is 16.1 Å². The Kier molecular flexibility index (Phi) is 4.00. The van der Waals surface area contributed by atoms with Gasteiger partial charge in [-0.1, -0.05) is 20.8 Å². The third-order valence-corrected chi connectivity index (χ3v) is 5.06. The fourth-order valence-electron chi connectivity index (χ4n) is 2.71. The van der Waals surface area contributed by atoms with Gasteiger partial charge in [-0.15, -0.1) is 0 Å². The Hall–Kier alpha value is -0.570. The Balaban J connectivity index is 2.33. The molecule has 0 atom stereocenters. The summed E-state index contributed by atoms with van der Waals surface area (Å²) < 4.78 is 1.19. The molecule has 2 heterocycles. The summed E-state index contributed by atoms with van der Waals surface area (Å²) in [7, 11) is 0. The summed E-state index contributed by atoms with van der Waals surface area (Å²) in [4.78, 5) is 7.14. The van der Waals surface area contributed by atoms with Crippen molar-refractivity contribution in [3.8, 4) is 0 Å². The fourth-order valence-corrected chi connectivity index (χ4v) is 3.29. The van der Waals surface area contributed by atoms with E-state index in [1.807, 2.05) is 0 Å². The van der Waals surface area contributed by atoms with Crippen LogP contribution in [-0.2, 0) is 6.42 Å². The molecule has 1 aliphatic heterocycles. The summed E-state index contributed by atoms with van der Waals surface area (Å²) in [6, 6.07) is 0. The molecule has 1 aliphatic rings. The number of aromatic nitrogens is 1. The van der Waals surface area contributed by atoms with Crippen LogP contribution in [0.4, 0.5) is 5.69 Å². The smallest absolute Gasteiger partial charge is 0.0624 e. The fraction of sp³-hybridized carbons (Fsp3) is 0.667. The first-order chi connectivity index (χ1) is 8.45. The molecule has 0 bridgehead atoms. The van der Waals surface area contributed by atoms with Crippen LogP contribution in [0.5, 0.6) is 0 Å². The van der Waals surface area contributed by atoms with Crippen molar-refractivity contribution in [2.24, 2.45) is 11.8 Å². The molecule has 1 saturated heterocycles. The summed E-state index contributed by atoms with van der Waals surface area (Å²) in [6.07, 6.45) is 1.05. The van der Waals surface area contributed by atoms with Crippen LogP contribution < -0.4 is 4.90 Å². The van der Waals surface area contributed by atoms with E-state index in [1.54, 1.807) is 0 Å². The highest BCUT2D eigenvalue weighted by Crippen LogP contribution is 2.39. The van der Waals surface area contributed by atoms with Crippen LogP contribution in [0.3, 0.4) is 0 Å². The minimum atomic E-state index is 0.786. The highest BCUT2D eigenvalue weighted by molar-refractivity contribution is 9.10. The molecule has 3 heteroatoms. The minimum absolute atomic E-state index is 0.786. The van der Waals surface area contributed by atoms with E-state index in [9.17, 15) is 0 Å². The number of hydrogen-bond acceptors (Lipinski definition) is 2. The number of rotatable bonds is 3. The van der Waals surface area contributed by atoms with Crippen LogP contribution >= 0.6 is 15.9 Å². The molecule has 0 aliphatic carbocycles. The second-order valence-electron chi connectivity index (χ2n) is 5.69. The SMILES string of the molecule is CCc1c(C)nc(C)c(Br)c1N1CC(C(C)C)C1. The summed E-state index contributed by atoms with van der Waals surface area (Å²) >= 11 is 3.73. The zero-order chi connectivity index (χ0) is 13.4. The summed E-state index contributed by atoms with van der Waals surface area (Å²) in [5.74, 6) is 1.63. The second-order valence-corrected chi connectivity index (χ2v) is 6.48. The average molecular weight is 311 g/mol. The quantitative estimate of drug-likeness (QED) is 0.835. The maximum Gasteiger partial charge on any atom is 0.0624 e. The molecule has 2 rings (SSSR count). The lowest BCUT2D eigenvalue weighted by molar-refractivity contribution is 0.309. The van der Waals surface area contributed by atoms with Gasteiger partial charge in [-0.05, 0) is 53.6 Å². The van der Waals surface area contributed by atoms with E-state index in [-0.39, 0.29) is 0 Å². The molecule has 0 spiro atoms. The first-order valence-corrected chi connectivity index (χ1v) is 7.65. The van der Waals surface area contributed by atoms with E-state index in [0.29, 0.717) is 0 Å². The van der Waals surface area contributed by atoms with Crippen molar-refractivity contribution in [3.63, 3.8) is 0 Å². The highest BCUT2D eigenvalue weighted by Gasteiger charge is 2.32. The standard InChI is InChI=1S/C15H23BrN2/c1-6-13-10(4)17-11(5)14(16)15(13)18-7-12(8-18)9(2)3/h9,12H,6-8H2,1-5H3. The Morgan fingerprint density at radius 1 is 1.28 bits per heavy atom. The molecule has 2 nitrogen and oxygen atoms in total. The van der Waals surface area contributed by atoms with Gasteiger partial charge in [0.2, 0.25) is 0 Å². The van der Waals surface area contributed by atoms with Crippen molar-refractivity contribution in [2.45, 2.75) is 41.0 Å². The van der Waals surface area contributed by atoms with Gasteiger partial charge in [-0.2, -0.15) is 0 Å². The molecule has 1 aromatic heterocycles. The van der Waals surface area contributed by atoms with Gasteiger partial charge in [0.05, 0.1) is 15.9 Å². The predicted octanol–water partition coefficient (Wildman–Crippen LogP) is 4.12. The van der Waals surface area contributed by atoms with E-state index in [1.165, 1.54) is 34.5 Å². The molecule has 0 radical (unpaired) electrons. The van der Waals surface area contributed by atoms with Crippen LogP contribution in [0, 0.1) is 25.7 Å². The first-order valence-electron chi connectivity index (χ1n) is 6.86. The molecular weight excluding hydrogens is 288 g/mol. The van der Waals surface area contributed by atoms with Crippen LogP contribution in [0.15, 0.2) is 4.47 Å². The number of halogens is 1. The Labute approximate surface area is 119 Å². The van der Waals surface area contributed by atoms with Gasteiger partial charge >= 0.3 is 0 Å². The van der Waals surface area contributed by atoms with Gasteiger partial charge in [0.1, 0.15) is 0 Å². The van der Waals surface area contributed by atoms with Crippen LogP contribution in [0.2, 0.25) is 0 Å². The van der Waals surface area contributed by atoms with E-state index >= 15 is 0 Å². The van der Waals surface area contributed by atoms with Gasteiger partial charge in [-0.25, -0.2) is 0 Å². The third kappa shape index (κ3) is 2.29. The molecule has 18 heavy (non-hydrogen) atoms. The molecule has 0 N–H and O–H groups in total. The first kappa shape index (κ1) is 13.9. The third-order valence-electron chi connectivity index (χ3n) is 4.11. The van der Waals surface area contributed by atoms with E-state index < -0.39 is 0 Å². The summed E-state index contributed by atoms with van der Waals surface area (Å²) in [5.41, 5.74) is 5.07. The molecular formula is C15H23BrN2. The van der Waals surface area contributed by atoms with Crippen molar-refractivity contribution >= 4 is 21.6 Å². The van der Waals surface area contributed by atoms with Crippen molar-refractivity contribution in [1.82, 2.24) is 4.98 Å². The molecule has 0 amide bonds. The van der Waals surface area contributed by atoms with Crippen molar-refractivity contribution < 1.29 is 0 Å². The molecule has 0 unspecified atom stereocenters. The lowest BCUT2D eigenvalue weighted by Gasteiger charge is -2.44. The van der Waals surface area contributed by atoms with Crippen LogP contribution in [0.25, 0.3) is 0 Å². The maximum absolute atomic E-state index is 4.63. The normalized spacial score (nSPS) is 16.3. The Morgan fingerprint density at radius 2 is 1.89 bits per heavy atom. The van der Waals surface area contributed by atoms with Crippen molar-refractivity contribution in [1.29, 1.82) is 0 Å². The Morgan fingerprint density at radius 3 is 2.39 bits per heavy atom. The maximum atomic E-state index is 4.63. The van der Waals surface area contributed by atoms with Gasteiger partial charge in [0.25, 0.3) is 0 Å². The van der Waals surface area contributed by atoms with Crippen LogP contribution in [-0.4, -0.2) is 18.1 Å². The number of aryl methyl sites for hydroxylation is 2. The predicted molar refractivity (Wildman–Crippen MR) is 81.3 cm³/mol. The summed E-state index contributed by atoms with van der Waals surface area (Å²) in [6.45, 7) is 13.4. The van der Waals surface area contributed by atoms with Crippen molar-refractivity contribution in [3.05, 3.63) is 21.4 Å². The molecule has 1 aromatic rings. The van der Waals surface area contributed by atoms with Gasteiger partial charge < -0.3 is 4.90 Å². The summed E-state index contributed by atoms with van der Waals surface area (Å²) in [5, 5.41) is 0. The van der Waals surface area contributed by atoms with Crippen LogP contribution in [0.1, 0.15) is 37.7 Å². The number of anilines is 1. The van der Waals surface area contributed by atoms with Gasteiger partial charge in [0.15, 0.2) is 0 Å². The second kappa shape index (κ2) is 5.20. The molecule has 1 fully saturated rings. The van der Waals surface area contributed by atoms with E-state index in [4.69, 9.17) is 0 Å². The zero-order valence-corrected chi connectivity index (χ0v) is 13.6. The number of hydrogen-bond donors (Lipinski definition) is 0. The lowest BCUT2D eigenvalue weighted by atomic mass is 9.87. The van der Waals surface area contributed by atoms with E-state index in [2.05, 4.69) is 60.4 Å². The number of pyridine rings is 1. The largest absolute Gasteiger partial charge is 0.370 e. The highest BCUT2D eigenvalue weighted by atomic mass is 79.9. The minimum Gasteiger partial charge on any atom is -0.370 e. The molecule has 100 valence electrons. The van der Waals surface area contributed by atoms with Gasteiger partial charge in [-0.3, -0.25) is 4.98 Å². The molecule has 0 aromatic carbocycles. The lowest BCUT2D eigenvalue weighted by Crippen LogP contribution is -2.49. The zero-order valence-electron chi connectivity index (χ0n) is 12.0. The van der Waals surface area contributed by atoms with Gasteiger partial charge in [0, 0.05) is 18.8 Å². The Bertz CT molecular complexity index is 448. The average Bonchev–Trinajstić information content (AvgIpc) is 2.22. The number of nitrogens with zero attached hydrogens (tertiary/aromatic N) is 2. The van der Waals surface area contributed by atoms with E-state index in [0.717, 1.165) is 24.0 Å². The molecule has 0 saturated carbocycles. The van der Waals surface area contributed by atoms with Crippen molar-refractivity contribution in [2.75, 3.05) is 18.0 Å².